The van der Waals surface area contributed by atoms with E-state index in [1.54, 1.807) is 22.8 Å². The standard InChI is InChI=1S/C21H21N5O3/c1-13(27)24-11-20(28)25-15-5-3-4-14(8-15)12-29-16-6-7-19-17(9-16)18(10-22)21(23)26(19)2/h3-9H,11-12,23H2,1-2H3,(H,24,27)(H,25,28). The second-order valence-corrected chi connectivity index (χ2v) is 6.56. The lowest BCUT2D eigenvalue weighted by atomic mass is 10.1. The second-order valence-electron chi connectivity index (χ2n) is 6.56. The average Bonchev–Trinajstić information content (AvgIpc) is 2.94. The number of fused-ring (bicyclic) bond motifs is 1. The van der Waals surface area contributed by atoms with E-state index in [-0.39, 0.29) is 25.0 Å². The number of nitrogens with two attached hydrogens (primary N) is 1. The van der Waals surface area contributed by atoms with Gasteiger partial charge in [-0.3, -0.25) is 9.59 Å². The van der Waals surface area contributed by atoms with Crippen molar-refractivity contribution in [1.29, 1.82) is 5.26 Å². The van der Waals surface area contributed by atoms with Crippen molar-refractivity contribution in [3.63, 3.8) is 0 Å². The number of nitrogen functional groups attached to an aromatic ring is 1. The lowest BCUT2D eigenvalue weighted by Crippen LogP contribution is -2.31. The summed E-state index contributed by atoms with van der Waals surface area (Å²) >= 11 is 0. The predicted molar refractivity (Wildman–Crippen MR) is 110 cm³/mol. The van der Waals surface area contributed by atoms with Crippen molar-refractivity contribution in [2.24, 2.45) is 7.05 Å². The molecule has 4 N–H and O–H groups in total. The topological polar surface area (TPSA) is 122 Å². The molecule has 0 spiro atoms. The van der Waals surface area contributed by atoms with Crippen molar-refractivity contribution in [2.45, 2.75) is 13.5 Å². The van der Waals surface area contributed by atoms with Crippen LogP contribution in [0.4, 0.5) is 11.5 Å². The molecule has 0 atom stereocenters. The summed E-state index contributed by atoms with van der Waals surface area (Å²) in [5, 5.41) is 15.3. The van der Waals surface area contributed by atoms with Crippen LogP contribution < -0.4 is 21.1 Å². The molecule has 29 heavy (non-hydrogen) atoms. The molecule has 0 fully saturated rings. The van der Waals surface area contributed by atoms with Gasteiger partial charge in [-0.2, -0.15) is 5.26 Å². The number of nitriles is 1. The molecule has 2 amide bonds. The van der Waals surface area contributed by atoms with E-state index in [1.165, 1.54) is 6.92 Å². The monoisotopic (exact) mass is 391 g/mol. The summed E-state index contributed by atoms with van der Waals surface area (Å²) in [7, 11) is 1.81. The largest absolute Gasteiger partial charge is 0.489 e. The number of nitrogens with zero attached hydrogens (tertiary/aromatic N) is 2. The van der Waals surface area contributed by atoms with Crippen LogP contribution >= 0.6 is 0 Å². The summed E-state index contributed by atoms with van der Waals surface area (Å²) in [6.45, 7) is 1.55. The van der Waals surface area contributed by atoms with E-state index in [0.717, 1.165) is 16.5 Å². The first-order chi connectivity index (χ1) is 13.9. The number of nitrogens with one attached hydrogen (secondary N) is 2. The van der Waals surface area contributed by atoms with Crippen LogP contribution in [0.1, 0.15) is 18.1 Å². The lowest BCUT2D eigenvalue weighted by molar-refractivity contribution is -0.122. The van der Waals surface area contributed by atoms with Crippen molar-refractivity contribution in [3.8, 4) is 11.8 Å². The van der Waals surface area contributed by atoms with E-state index in [1.807, 2.05) is 31.3 Å². The fraction of sp³-hybridized carbons (Fsp3) is 0.190. The maximum atomic E-state index is 11.8. The Balaban J connectivity index is 1.69. The molecule has 0 bridgehead atoms. The average molecular weight is 391 g/mol. The van der Waals surface area contributed by atoms with Gasteiger partial charge in [-0.15, -0.1) is 0 Å². The number of hydrogen-bond acceptors (Lipinski definition) is 5. The van der Waals surface area contributed by atoms with E-state index in [2.05, 4.69) is 16.7 Å². The van der Waals surface area contributed by atoms with Gasteiger partial charge < -0.3 is 25.7 Å². The van der Waals surface area contributed by atoms with Gasteiger partial charge in [0.05, 0.1) is 12.1 Å². The minimum Gasteiger partial charge on any atom is -0.489 e. The smallest absolute Gasteiger partial charge is 0.243 e. The Morgan fingerprint density at radius 3 is 2.76 bits per heavy atom. The summed E-state index contributed by atoms with van der Waals surface area (Å²) in [5.74, 6) is 0.454. The second kappa shape index (κ2) is 8.35. The Kier molecular flexibility index (Phi) is 5.69. The van der Waals surface area contributed by atoms with E-state index >= 15 is 0 Å². The van der Waals surface area contributed by atoms with Gasteiger partial charge in [-0.05, 0) is 35.9 Å². The van der Waals surface area contributed by atoms with Crippen LogP contribution in [0.2, 0.25) is 0 Å². The number of amides is 2. The fourth-order valence-electron chi connectivity index (χ4n) is 2.97. The number of carbonyl (C=O) groups excluding carboxylic acids is 2. The third kappa shape index (κ3) is 4.47. The Bertz CT molecular complexity index is 1130. The Labute approximate surface area is 167 Å². The van der Waals surface area contributed by atoms with Gasteiger partial charge >= 0.3 is 0 Å². The van der Waals surface area contributed by atoms with Gasteiger partial charge in [-0.1, -0.05) is 12.1 Å². The number of anilines is 2. The zero-order valence-corrected chi connectivity index (χ0v) is 16.2. The van der Waals surface area contributed by atoms with E-state index in [9.17, 15) is 14.9 Å². The highest BCUT2D eigenvalue weighted by Gasteiger charge is 2.13. The van der Waals surface area contributed by atoms with Gasteiger partial charge in [-0.25, -0.2) is 0 Å². The van der Waals surface area contributed by atoms with Crippen molar-refractivity contribution in [3.05, 3.63) is 53.6 Å². The van der Waals surface area contributed by atoms with Gasteiger partial charge in [0.25, 0.3) is 0 Å². The Morgan fingerprint density at radius 1 is 1.24 bits per heavy atom. The molecule has 8 nitrogen and oxygen atoms in total. The lowest BCUT2D eigenvalue weighted by Gasteiger charge is -2.10. The molecule has 8 heteroatoms. The number of aromatic nitrogens is 1. The highest BCUT2D eigenvalue weighted by molar-refractivity contribution is 5.94. The quantitative estimate of drug-likeness (QED) is 0.595. The van der Waals surface area contributed by atoms with Crippen molar-refractivity contribution in [2.75, 3.05) is 17.6 Å². The maximum Gasteiger partial charge on any atom is 0.243 e. The molecule has 148 valence electrons. The highest BCUT2D eigenvalue weighted by Crippen LogP contribution is 2.30. The first kappa shape index (κ1) is 19.8. The molecule has 3 rings (SSSR count). The summed E-state index contributed by atoms with van der Waals surface area (Å²) in [6.07, 6.45) is 0. The minimum absolute atomic E-state index is 0.0858. The van der Waals surface area contributed by atoms with Crippen LogP contribution in [-0.2, 0) is 23.2 Å². The third-order valence-corrected chi connectivity index (χ3v) is 4.44. The molecule has 0 aliphatic heterocycles. The zero-order chi connectivity index (χ0) is 21.0. The molecular weight excluding hydrogens is 370 g/mol. The fourth-order valence-corrected chi connectivity index (χ4v) is 2.97. The summed E-state index contributed by atoms with van der Waals surface area (Å²) in [4.78, 5) is 22.7. The normalized spacial score (nSPS) is 10.4. The van der Waals surface area contributed by atoms with E-state index in [4.69, 9.17) is 10.5 Å². The summed E-state index contributed by atoms with van der Waals surface area (Å²) in [6, 6.07) is 14.9. The van der Waals surface area contributed by atoms with Crippen LogP contribution in [0.25, 0.3) is 10.9 Å². The van der Waals surface area contributed by atoms with E-state index < -0.39 is 0 Å². The molecule has 2 aromatic carbocycles. The number of rotatable bonds is 6. The zero-order valence-electron chi connectivity index (χ0n) is 16.2. The Hall–Kier alpha value is -3.99. The van der Waals surface area contributed by atoms with Crippen molar-refractivity contribution in [1.82, 2.24) is 9.88 Å². The number of ether oxygens (including phenoxy) is 1. The molecule has 1 aromatic heterocycles. The first-order valence-corrected chi connectivity index (χ1v) is 8.93. The molecule has 1 heterocycles. The number of aryl methyl sites for hydroxylation is 1. The third-order valence-electron chi connectivity index (χ3n) is 4.44. The van der Waals surface area contributed by atoms with Crippen molar-refractivity contribution < 1.29 is 14.3 Å². The molecule has 0 aliphatic rings. The van der Waals surface area contributed by atoms with Crippen LogP contribution in [0.3, 0.4) is 0 Å². The van der Waals surface area contributed by atoms with Crippen LogP contribution in [0, 0.1) is 11.3 Å². The molecule has 3 aromatic rings. The van der Waals surface area contributed by atoms with Gasteiger partial charge in [0.15, 0.2) is 0 Å². The van der Waals surface area contributed by atoms with E-state index in [0.29, 0.717) is 22.8 Å². The molecule has 0 saturated carbocycles. The SMILES string of the molecule is CC(=O)NCC(=O)Nc1cccc(COc2ccc3c(c2)c(C#N)c(N)n3C)c1. The minimum atomic E-state index is -0.311. The van der Waals surface area contributed by atoms with Gasteiger partial charge in [0.1, 0.15) is 29.8 Å². The van der Waals surface area contributed by atoms with Crippen LogP contribution in [-0.4, -0.2) is 22.9 Å². The number of benzene rings is 2. The predicted octanol–water partition coefficient (Wildman–Crippen LogP) is 2.29. The first-order valence-electron chi connectivity index (χ1n) is 8.93. The maximum absolute atomic E-state index is 11.8. The molecule has 0 saturated heterocycles. The summed E-state index contributed by atoms with van der Waals surface area (Å²) in [5.41, 5.74) is 8.73. The van der Waals surface area contributed by atoms with Crippen molar-refractivity contribution >= 4 is 34.2 Å². The van der Waals surface area contributed by atoms with Gasteiger partial charge in [0.2, 0.25) is 11.8 Å². The van der Waals surface area contributed by atoms with Crippen LogP contribution in [0.15, 0.2) is 42.5 Å². The van der Waals surface area contributed by atoms with Gasteiger partial charge in [0, 0.05) is 25.0 Å². The summed E-state index contributed by atoms with van der Waals surface area (Å²) < 4.78 is 7.63. The molecule has 0 aliphatic carbocycles. The highest BCUT2D eigenvalue weighted by atomic mass is 16.5. The molecule has 0 radical (unpaired) electrons. The number of hydrogen-bond donors (Lipinski definition) is 3. The number of carbonyl (C=O) groups is 2. The van der Waals surface area contributed by atoms with Crippen LogP contribution in [0.5, 0.6) is 5.75 Å². The molecule has 0 unspecified atom stereocenters. The molecular formula is C21H21N5O3. The Morgan fingerprint density at radius 2 is 2.03 bits per heavy atom.